The maximum absolute atomic E-state index is 11.4. The molecule has 0 aliphatic heterocycles. The fraction of sp³-hybridized carbons (Fsp3) is 0.444. The normalized spacial score (nSPS) is 11.1. The molecule has 0 unspecified atom stereocenters. The first-order valence-electron chi connectivity index (χ1n) is 4.17. The van der Waals surface area contributed by atoms with Gasteiger partial charge >= 0.3 is 11.7 Å². The predicted octanol–water partition coefficient (Wildman–Crippen LogP) is 0.725. The largest absolute Gasteiger partial charge is 0.455 e. The summed E-state index contributed by atoms with van der Waals surface area (Å²) in [6.07, 6.45) is 1.26. The molecule has 0 amide bonds. The zero-order valence-corrected chi connectivity index (χ0v) is 8.33. The summed E-state index contributed by atoms with van der Waals surface area (Å²) in [6.45, 7) is 5.26. The lowest BCUT2D eigenvalue weighted by atomic mass is 10.2. The summed E-state index contributed by atoms with van der Waals surface area (Å²) in [5, 5.41) is 0. The summed E-state index contributed by atoms with van der Waals surface area (Å²) in [7, 11) is 0. The van der Waals surface area contributed by atoms with Crippen LogP contribution >= 0.6 is 0 Å². The number of hydrogen-bond donors (Lipinski definition) is 1. The highest BCUT2D eigenvalue weighted by Crippen LogP contribution is 2.09. The molecule has 5 nitrogen and oxygen atoms in total. The molecule has 1 heterocycles. The van der Waals surface area contributed by atoms with Gasteiger partial charge in [-0.2, -0.15) is 0 Å². The number of esters is 1. The van der Waals surface area contributed by atoms with Crippen molar-refractivity contribution < 1.29 is 9.53 Å². The van der Waals surface area contributed by atoms with Crippen molar-refractivity contribution in [3.8, 4) is 0 Å². The fourth-order valence-corrected chi connectivity index (χ4v) is 0.821. The van der Waals surface area contributed by atoms with Gasteiger partial charge in [0, 0.05) is 6.20 Å². The van der Waals surface area contributed by atoms with Gasteiger partial charge in [-0.1, -0.05) is 0 Å². The molecule has 1 aromatic heterocycles. The molecule has 0 bridgehead atoms. The Bertz CT molecular complexity index is 390. The van der Waals surface area contributed by atoms with Crippen LogP contribution in [0.15, 0.2) is 17.1 Å². The van der Waals surface area contributed by atoms with E-state index in [1.165, 1.54) is 12.3 Å². The van der Waals surface area contributed by atoms with Gasteiger partial charge in [0.15, 0.2) is 0 Å². The van der Waals surface area contributed by atoms with Gasteiger partial charge in [0.1, 0.15) is 11.3 Å². The number of rotatable bonds is 1. The van der Waals surface area contributed by atoms with E-state index in [0.29, 0.717) is 0 Å². The van der Waals surface area contributed by atoms with Crippen molar-refractivity contribution in [1.82, 2.24) is 9.97 Å². The first-order chi connectivity index (χ1) is 6.38. The number of hydrogen-bond acceptors (Lipinski definition) is 4. The maximum atomic E-state index is 11.4. The van der Waals surface area contributed by atoms with Crippen LogP contribution in [0, 0.1) is 0 Å². The van der Waals surface area contributed by atoms with Gasteiger partial charge in [0.2, 0.25) is 0 Å². The third-order valence-electron chi connectivity index (χ3n) is 1.29. The van der Waals surface area contributed by atoms with Crippen LogP contribution in [0.5, 0.6) is 0 Å². The molecular formula is C9H12N2O3. The maximum Gasteiger partial charge on any atom is 0.355 e. The van der Waals surface area contributed by atoms with Gasteiger partial charge in [-0.3, -0.25) is 4.98 Å². The lowest BCUT2D eigenvalue weighted by molar-refractivity contribution is 0.00622. The SMILES string of the molecule is CC(C)(C)OC(=O)c1ccnc(=O)[nH]1. The summed E-state index contributed by atoms with van der Waals surface area (Å²) < 4.78 is 5.04. The monoisotopic (exact) mass is 196 g/mol. The summed E-state index contributed by atoms with van der Waals surface area (Å²) in [4.78, 5) is 27.9. The molecule has 76 valence electrons. The van der Waals surface area contributed by atoms with Crippen LogP contribution < -0.4 is 5.69 Å². The predicted molar refractivity (Wildman–Crippen MR) is 50.0 cm³/mol. The molecule has 0 saturated heterocycles. The second kappa shape index (κ2) is 3.61. The van der Waals surface area contributed by atoms with Gasteiger partial charge in [-0.05, 0) is 26.8 Å². The molecule has 0 aliphatic rings. The Morgan fingerprint density at radius 3 is 2.64 bits per heavy atom. The average molecular weight is 196 g/mol. The van der Waals surface area contributed by atoms with Crippen molar-refractivity contribution in [2.75, 3.05) is 0 Å². The third-order valence-corrected chi connectivity index (χ3v) is 1.29. The molecule has 0 fully saturated rings. The van der Waals surface area contributed by atoms with Gasteiger partial charge in [-0.25, -0.2) is 14.6 Å². The standard InChI is InChI=1S/C9H12N2O3/c1-9(2,3)14-7(12)6-4-5-10-8(13)11-6/h4-5H,1-3H3,(H,10,11,13). The van der Waals surface area contributed by atoms with Gasteiger partial charge < -0.3 is 4.74 Å². The average Bonchev–Trinajstić information content (AvgIpc) is 2.01. The topological polar surface area (TPSA) is 72.0 Å². The molecule has 1 aromatic rings. The number of nitrogens with zero attached hydrogens (tertiary/aromatic N) is 1. The third kappa shape index (κ3) is 3.01. The van der Waals surface area contributed by atoms with Gasteiger partial charge in [0.05, 0.1) is 0 Å². The number of aromatic amines is 1. The highest BCUT2D eigenvalue weighted by molar-refractivity contribution is 5.87. The smallest absolute Gasteiger partial charge is 0.355 e. The first-order valence-corrected chi connectivity index (χ1v) is 4.17. The van der Waals surface area contributed by atoms with E-state index in [4.69, 9.17) is 4.74 Å². The second-order valence-corrected chi connectivity index (χ2v) is 3.79. The molecule has 0 saturated carbocycles. The van der Waals surface area contributed by atoms with Crippen molar-refractivity contribution in [2.24, 2.45) is 0 Å². The fourth-order valence-electron chi connectivity index (χ4n) is 0.821. The van der Waals surface area contributed by atoms with Crippen molar-refractivity contribution in [2.45, 2.75) is 26.4 Å². The number of carbonyl (C=O) groups excluding carboxylic acids is 1. The number of aromatic nitrogens is 2. The molecule has 1 N–H and O–H groups in total. The van der Waals surface area contributed by atoms with Crippen molar-refractivity contribution in [3.63, 3.8) is 0 Å². The zero-order valence-electron chi connectivity index (χ0n) is 8.33. The van der Waals surface area contributed by atoms with Crippen LogP contribution in [0.25, 0.3) is 0 Å². The van der Waals surface area contributed by atoms with Gasteiger partial charge in [0.25, 0.3) is 0 Å². The Kier molecular flexibility index (Phi) is 2.69. The van der Waals surface area contributed by atoms with Crippen LogP contribution in [0.2, 0.25) is 0 Å². The Morgan fingerprint density at radius 1 is 1.50 bits per heavy atom. The zero-order chi connectivity index (χ0) is 10.8. The van der Waals surface area contributed by atoms with E-state index in [1.54, 1.807) is 20.8 Å². The summed E-state index contributed by atoms with van der Waals surface area (Å²) in [5.74, 6) is -0.558. The summed E-state index contributed by atoms with van der Waals surface area (Å²) in [6, 6.07) is 1.40. The number of H-pyrrole nitrogens is 1. The van der Waals surface area contributed by atoms with E-state index in [9.17, 15) is 9.59 Å². The number of nitrogens with one attached hydrogen (secondary N) is 1. The molecule has 5 heteroatoms. The Balaban J connectivity index is 2.86. The molecular weight excluding hydrogens is 184 g/mol. The van der Waals surface area contributed by atoms with Crippen molar-refractivity contribution >= 4 is 5.97 Å². The minimum atomic E-state index is -0.572. The summed E-state index contributed by atoms with van der Waals surface area (Å²) in [5.41, 5.74) is -1.02. The van der Waals surface area contributed by atoms with Crippen LogP contribution in [0.4, 0.5) is 0 Å². The molecule has 1 rings (SSSR count). The minimum absolute atomic E-state index is 0.111. The van der Waals surface area contributed by atoms with Crippen molar-refractivity contribution in [3.05, 3.63) is 28.4 Å². The molecule has 0 spiro atoms. The first kappa shape index (κ1) is 10.4. The lowest BCUT2D eigenvalue weighted by Gasteiger charge is -2.18. The molecule has 0 radical (unpaired) electrons. The van der Waals surface area contributed by atoms with Crippen LogP contribution in [-0.2, 0) is 4.74 Å². The molecule has 0 aromatic carbocycles. The van der Waals surface area contributed by atoms with Crippen LogP contribution in [-0.4, -0.2) is 21.5 Å². The van der Waals surface area contributed by atoms with Crippen LogP contribution in [0.3, 0.4) is 0 Å². The second-order valence-electron chi connectivity index (χ2n) is 3.79. The van der Waals surface area contributed by atoms with E-state index in [-0.39, 0.29) is 5.69 Å². The van der Waals surface area contributed by atoms with Gasteiger partial charge in [-0.15, -0.1) is 0 Å². The van der Waals surface area contributed by atoms with Crippen LogP contribution in [0.1, 0.15) is 31.3 Å². The Morgan fingerprint density at radius 2 is 2.14 bits per heavy atom. The van der Waals surface area contributed by atoms with E-state index in [0.717, 1.165) is 0 Å². The van der Waals surface area contributed by atoms with Crippen molar-refractivity contribution in [1.29, 1.82) is 0 Å². The van der Waals surface area contributed by atoms with E-state index >= 15 is 0 Å². The number of carbonyl (C=O) groups is 1. The summed E-state index contributed by atoms with van der Waals surface area (Å²) >= 11 is 0. The Labute approximate surface area is 81.1 Å². The minimum Gasteiger partial charge on any atom is -0.455 e. The molecule has 0 atom stereocenters. The highest BCUT2D eigenvalue weighted by atomic mass is 16.6. The van der Waals surface area contributed by atoms with E-state index in [1.807, 2.05) is 0 Å². The lowest BCUT2D eigenvalue weighted by Crippen LogP contribution is -2.26. The van der Waals surface area contributed by atoms with E-state index in [2.05, 4.69) is 9.97 Å². The Hall–Kier alpha value is -1.65. The highest BCUT2D eigenvalue weighted by Gasteiger charge is 2.18. The van der Waals surface area contributed by atoms with E-state index < -0.39 is 17.3 Å². The molecule has 14 heavy (non-hydrogen) atoms. The number of ether oxygens (including phenoxy) is 1. The quantitative estimate of drug-likeness (QED) is 0.672. The molecule has 0 aliphatic carbocycles.